The molecular weight excluding hydrogens is 204 g/mol. The summed E-state index contributed by atoms with van der Waals surface area (Å²) >= 11 is 0. The minimum absolute atomic E-state index is 0.410. The maximum atomic E-state index is 5.46. The van der Waals surface area contributed by atoms with Crippen LogP contribution in [0.3, 0.4) is 0 Å². The fourth-order valence-electron chi connectivity index (χ4n) is 1.44. The second-order valence-electron chi connectivity index (χ2n) is 3.47. The van der Waals surface area contributed by atoms with Crippen LogP contribution in [-0.4, -0.2) is 19.7 Å². The van der Waals surface area contributed by atoms with Crippen molar-refractivity contribution in [1.82, 2.24) is 19.7 Å². The zero-order chi connectivity index (χ0) is 11.5. The van der Waals surface area contributed by atoms with Crippen LogP contribution in [0.1, 0.15) is 12.6 Å². The number of aromatic nitrogens is 4. The molecule has 0 spiro atoms. The normalized spacial score (nSPS) is 10.4. The molecule has 0 aliphatic carbocycles. The van der Waals surface area contributed by atoms with Gasteiger partial charge in [0.25, 0.3) is 0 Å². The molecule has 0 atom stereocenters. The average Bonchev–Trinajstić information content (AvgIpc) is 2.62. The highest BCUT2D eigenvalue weighted by molar-refractivity contribution is 5.57. The van der Waals surface area contributed by atoms with Crippen molar-refractivity contribution in [2.75, 3.05) is 11.1 Å². The first kappa shape index (κ1) is 10.4. The van der Waals surface area contributed by atoms with Crippen molar-refractivity contribution in [3.8, 4) is 0 Å². The molecule has 3 N–H and O–H groups in total. The van der Waals surface area contributed by atoms with E-state index in [1.165, 1.54) is 6.20 Å². The van der Waals surface area contributed by atoms with Crippen molar-refractivity contribution in [1.29, 1.82) is 0 Å². The molecule has 2 rings (SSSR count). The summed E-state index contributed by atoms with van der Waals surface area (Å²) in [6.07, 6.45) is 5.90. The van der Waals surface area contributed by atoms with Gasteiger partial charge in [0.2, 0.25) is 0 Å². The fraction of sp³-hybridized carbons (Fsp3) is 0.300. The Morgan fingerprint density at radius 1 is 1.38 bits per heavy atom. The van der Waals surface area contributed by atoms with Crippen LogP contribution in [0, 0.1) is 0 Å². The van der Waals surface area contributed by atoms with Gasteiger partial charge in [-0.25, -0.2) is 9.97 Å². The topological polar surface area (TPSA) is 81.7 Å². The van der Waals surface area contributed by atoms with Crippen LogP contribution in [0.25, 0.3) is 0 Å². The lowest BCUT2D eigenvalue weighted by Crippen LogP contribution is -1.98. The van der Waals surface area contributed by atoms with E-state index in [-0.39, 0.29) is 0 Å². The largest absolute Gasteiger partial charge is 0.382 e. The summed E-state index contributed by atoms with van der Waals surface area (Å²) in [5, 5.41) is 7.48. The van der Waals surface area contributed by atoms with E-state index in [9.17, 15) is 0 Å². The van der Waals surface area contributed by atoms with E-state index in [0.717, 1.165) is 17.8 Å². The molecule has 0 unspecified atom stereocenters. The van der Waals surface area contributed by atoms with Gasteiger partial charge in [-0.3, -0.25) is 4.68 Å². The molecular formula is C10H14N6. The number of nitrogens with zero attached hydrogens (tertiary/aromatic N) is 4. The number of anilines is 3. The highest BCUT2D eigenvalue weighted by Crippen LogP contribution is 2.18. The number of nitrogen functional groups attached to an aromatic ring is 1. The van der Waals surface area contributed by atoms with Crippen LogP contribution in [0.4, 0.5) is 17.3 Å². The first-order chi connectivity index (χ1) is 7.69. The SMILES string of the molecule is CCc1nn(C)cc1Nc1cnc(N)cn1. The summed E-state index contributed by atoms with van der Waals surface area (Å²) in [6.45, 7) is 2.06. The Morgan fingerprint density at radius 3 is 2.81 bits per heavy atom. The Morgan fingerprint density at radius 2 is 2.19 bits per heavy atom. The number of nitrogens with two attached hydrogens (primary N) is 1. The molecule has 16 heavy (non-hydrogen) atoms. The molecule has 0 saturated heterocycles. The molecule has 0 aliphatic heterocycles. The van der Waals surface area contributed by atoms with Crippen molar-refractivity contribution in [3.05, 3.63) is 24.3 Å². The lowest BCUT2D eigenvalue weighted by atomic mass is 10.3. The average molecular weight is 218 g/mol. The quantitative estimate of drug-likeness (QED) is 0.806. The number of hydrogen-bond donors (Lipinski definition) is 2. The van der Waals surface area contributed by atoms with Crippen LogP contribution in [0.2, 0.25) is 0 Å². The highest BCUT2D eigenvalue weighted by atomic mass is 15.3. The first-order valence-electron chi connectivity index (χ1n) is 5.06. The third-order valence-electron chi connectivity index (χ3n) is 2.17. The summed E-state index contributed by atoms with van der Waals surface area (Å²) in [4.78, 5) is 8.09. The van der Waals surface area contributed by atoms with Crippen molar-refractivity contribution in [2.24, 2.45) is 7.05 Å². The van der Waals surface area contributed by atoms with Crippen LogP contribution in [-0.2, 0) is 13.5 Å². The summed E-state index contributed by atoms with van der Waals surface area (Å²) in [5.41, 5.74) is 7.41. The third-order valence-corrected chi connectivity index (χ3v) is 2.17. The van der Waals surface area contributed by atoms with Gasteiger partial charge in [-0.1, -0.05) is 6.92 Å². The van der Waals surface area contributed by atoms with Gasteiger partial charge in [-0.15, -0.1) is 0 Å². The van der Waals surface area contributed by atoms with Crippen LogP contribution in [0.15, 0.2) is 18.6 Å². The minimum Gasteiger partial charge on any atom is -0.382 e. The van der Waals surface area contributed by atoms with Gasteiger partial charge >= 0.3 is 0 Å². The molecule has 2 aromatic rings. The maximum Gasteiger partial charge on any atom is 0.149 e. The summed E-state index contributed by atoms with van der Waals surface area (Å²) in [5.74, 6) is 1.07. The molecule has 0 aromatic carbocycles. The van der Waals surface area contributed by atoms with Crippen molar-refractivity contribution < 1.29 is 0 Å². The monoisotopic (exact) mass is 218 g/mol. The molecule has 0 radical (unpaired) electrons. The standard InChI is InChI=1S/C10H14N6/c1-3-7-8(6-16(2)15-7)14-10-5-12-9(11)4-13-10/h4-6H,3H2,1-2H3,(H2,11,12)(H,13,14). The summed E-state index contributed by atoms with van der Waals surface area (Å²) in [6, 6.07) is 0. The van der Waals surface area contributed by atoms with E-state index in [4.69, 9.17) is 5.73 Å². The van der Waals surface area contributed by atoms with Crippen molar-refractivity contribution in [2.45, 2.75) is 13.3 Å². The number of aryl methyl sites for hydroxylation is 2. The van der Waals surface area contributed by atoms with E-state index in [1.54, 1.807) is 10.9 Å². The van der Waals surface area contributed by atoms with E-state index >= 15 is 0 Å². The van der Waals surface area contributed by atoms with Gasteiger partial charge in [-0.2, -0.15) is 5.10 Å². The van der Waals surface area contributed by atoms with Gasteiger partial charge in [0.1, 0.15) is 11.6 Å². The Bertz CT molecular complexity index is 473. The fourth-order valence-corrected chi connectivity index (χ4v) is 1.44. The smallest absolute Gasteiger partial charge is 0.149 e. The Kier molecular flexibility index (Phi) is 2.72. The molecule has 0 saturated carbocycles. The van der Waals surface area contributed by atoms with Crippen LogP contribution < -0.4 is 11.1 Å². The predicted molar refractivity (Wildman–Crippen MR) is 62.3 cm³/mol. The van der Waals surface area contributed by atoms with Gasteiger partial charge in [0.05, 0.1) is 23.8 Å². The Hall–Kier alpha value is -2.11. The van der Waals surface area contributed by atoms with Gasteiger partial charge in [0, 0.05) is 13.2 Å². The van der Waals surface area contributed by atoms with E-state index in [2.05, 4.69) is 27.3 Å². The van der Waals surface area contributed by atoms with Crippen LogP contribution in [0.5, 0.6) is 0 Å². The molecule has 2 aromatic heterocycles. The minimum atomic E-state index is 0.410. The van der Waals surface area contributed by atoms with Crippen LogP contribution >= 0.6 is 0 Å². The second kappa shape index (κ2) is 4.18. The van der Waals surface area contributed by atoms with Gasteiger partial charge in [0.15, 0.2) is 0 Å². The molecule has 0 aliphatic rings. The lowest BCUT2D eigenvalue weighted by Gasteiger charge is -2.03. The van der Waals surface area contributed by atoms with E-state index < -0.39 is 0 Å². The summed E-state index contributed by atoms with van der Waals surface area (Å²) < 4.78 is 1.77. The second-order valence-corrected chi connectivity index (χ2v) is 3.47. The molecule has 6 heteroatoms. The molecule has 6 nitrogen and oxygen atoms in total. The predicted octanol–water partition coefficient (Wildman–Crippen LogP) is 1.10. The van der Waals surface area contributed by atoms with Crippen molar-refractivity contribution >= 4 is 17.3 Å². The van der Waals surface area contributed by atoms with E-state index in [1.807, 2.05) is 13.2 Å². The molecule has 0 bridgehead atoms. The maximum absolute atomic E-state index is 5.46. The van der Waals surface area contributed by atoms with Gasteiger partial charge in [-0.05, 0) is 6.42 Å². The third kappa shape index (κ3) is 2.10. The summed E-state index contributed by atoms with van der Waals surface area (Å²) in [7, 11) is 1.89. The molecule has 84 valence electrons. The lowest BCUT2D eigenvalue weighted by molar-refractivity contribution is 0.746. The molecule has 2 heterocycles. The zero-order valence-corrected chi connectivity index (χ0v) is 9.31. The molecule has 0 amide bonds. The van der Waals surface area contributed by atoms with Gasteiger partial charge < -0.3 is 11.1 Å². The highest BCUT2D eigenvalue weighted by Gasteiger charge is 2.06. The zero-order valence-electron chi connectivity index (χ0n) is 9.31. The Labute approximate surface area is 93.5 Å². The first-order valence-corrected chi connectivity index (χ1v) is 5.06. The molecule has 0 fully saturated rings. The van der Waals surface area contributed by atoms with E-state index in [0.29, 0.717) is 11.6 Å². The number of hydrogen-bond acceptors (Lipinski definition) is 5. The number of rotatable bonds is 3. The van der Waals surface area contributed by atoms with Crippen molar-refractivity contribution in [3.63, 3.8) is 0 Å². The Balaban J connectivity index is 2.22. The number of nitrogens with one attached hydrogen (secondary N) is 1.